The van der Waals surface area contributed by atoms with E-state index in [2.05, 4.69) is 55.6 Å². The Morgan fingerprint density at radius 2 is 0.732 bits per heavy atom. The van der Waals surface area contributed by atoms with Gasteiger partial charge in [-0.3, -0.25) is 4.79 Å². The highest BCUT2D eigenvalue weighted by Crippen LogP contribution is 2.15. The highest BCUT2D eigenvalue weighted by atomic mass is 16.3. The predicted molar refractivity (Wildman–Crippen MR) is 245 cm³/mol. The topological polar surface area (TPSA) is 89.8 Å². The Kier molecular flexibility index (Phi) is 44.6. The van der Waals surface area contributed by atoms with E-state index in [9.17, 15) is 20.1 Å². The van der Waals surface area contributed by atoms with Crippen molar-refractivity contribution in [1.82, 2.24) is 5.32 Å². The van der Waals surface area contributed by atoms with Crippen molar-refractivity contribution in [2.75, 3.05) is 6.61 Å². The molecule has 0 aromatic rings. The van der Waals surface area contributed by atoms with E-state index in [1.165, 1.54) is 180 Å². The van der Waals surface area contributed by atoms with Gasteiger partial charge in [-0.1, -0.05) is 223 Å². The van der Waals surface area contributed by atoms with Gasteiger partial charge in [-0.25, -0.2) is 0 Å². The third-order valence-electron chi connectivity index (χ3n) is 11.1. The van der Waals surface area contributed by atoms with Crippen LogP contribution in [-0.2, 0) is 4.79 Å². The fourth-order valence-corrected chi connectivity index (χ4v) is 7.27. The van der Waals surface area contributed by atoms with Crippen molar-refractivity contribution >= 4 is 5.91 Å². The van der Waals surface area contributed by atoms with Gasteiger partial charge in [0.05, 0.1) is 18.8 Å². The summed E-state index contributed by atoms with van der Waals surface area (Å²) < 4.78 is 0. The van der Waals surface area contributed by atoms with Gasteiger partial charge in [-0.05, 0) is 70.6 Å². The number of aliphatic hydroxyl groups is 3. The van der Waals surface area contributed by atoms with Crippen LogP contribution in [0.2, 0.25) is 0 Å². The van der Waals surface area contributed by atoms with E-state index in [1.807, 2.05) is 6.08 Å². The molecule has 0 spiro atoms. The second-order valence-corrected chi connectivity index (χ2v) is 16.6. The highest BCUT2D eigenvalue weighted by molar-refractivity contribution is 5.80. The summed E-state index contributed by atoms with van der Waals surface area (Å²) in [5.74, 6) is -0.521. The molecule has 0 radical (unpaired) electrons. The Labute approximate surface area is 348 Å². The molecule has 0 aliphatic carbocycles. The normalized spacial score (nSPS) is 13.9. The number of aliphatic hydroxyl groups excluding tert-OH is 3. The molecule has 3 atom stereocenters. The molecule has 0 aromatic heterocycles. The quantitative estimate of drug-likeness (QED) is 0.0366. The summed E-state index contributed by atoms with van der Waals surface area (Å²) in [6.07, 6.45) is 60.1. The fourth-order valence-electron chi connectivity index (χ4n) is 7.27. The maximum absolute atomic E-state index is 12.5. The Bertz CT molecular complexity index is 912. The number of hydrogen-bond donors (Lipinski definition) is 4. The van der Waals surface area contributed by atoms with E-state index in [0.717, 1.165) is 44.9 Å². The molecule has 0 fully saturated rings. The summed E-state index contributed by atoms with van der Waals surface area (Å²) in [4.78, 5) is 12.5. The van der Waals surface area contributed by atoms with Gasteiger partial charge in [0.1, 0.15) is 6.10 Å². The van der Waals surface area contributed by atoms with Crippen LogP contribution in [0.5, 0.6) is 0 Å². The first kappa shape index (κ1) is 54.3. The molecule has 5 heteroatoms. The fraction of sp³-hybridized carbons (Fsp3) is 0.824. The maximum atomic E-state index is 12.5. The minimum Gasteiger partial charge on any atom is -0.394 e. The predicted octanol–water partition coefficient (Wildman–Crippen LogP) is 14.5. The van der Waals surface area contributed by atoms with Crippen LogP contribution in [0, 0.1) is 0 Å². The molecule has 0 saturated heterocycles. The van der Waals surface area contributed by atoms with Gasteiger partial charge in [0, 0.05) is 0 Å². The van der Waals surface area contributed by atoms with Crippen LogP contribution in [0.25, 0.3) is 0 Å². The Morgan fingerprint density at radius 1 is 0.429 bits per heavy atom. The summed E-state index contributed by atoms with van der Waals surface area (Å²) in [5.41, 5.74) is 0. The van der Waals surface area contributed by atoms with Crippen LogP contribution in [0.1, 0.15) is 245 Å². The molecule has 0 saturated carbocycles. The van der Waals surface area contributed by atoms with Crippen LogP contribution in [0.15, 0.2) is 48.6 Å². The van der Waals surface area contributed by atoms with Crippen LogP contribution >= 0.6 is 0 Å². The highest BCUT2D eigenvalue weighted by Gasteiger charge is 2.22. The number of rotatable bonds is 44. The van der Waals surface area contributed by atoms with Crippen molar-refractivity contribution in [2.24, 2.45) is 0 Å². The summed E-state index contributed by atoms with van der Waals surface area (Å²) >= 11 is 0. The molecule has 0 bridgehead atoms. The Morgan fingerprint density at radius 3 is 1.09 bits per heavy atom. The largest absolute Gasteiger partial charge is 0.394 e. The summed E-state index contributed by atoms with van der Waals surface area (Å²) in [6.45, 7) is 4.18. The maximum Gasteiger partial charge on any atom is 0.249 e. The van der Waals surface area contributed by atoms with E-state index in [0.29, 0.717) is 6.42 Å². The zero-order valence-corrected chi connectivity index (χ0v) is 37.3. The van der Waals surface area contributed by atoms with Crippen molar-refractivity contribution in [2.45, 2.75) is 263 Å². The van der Waals surface area contributed by atoms with Crippen LogP contribution in [0.4, 0.5) is 0 Å². The molecular weight excluding hydrogens is 691 g/mol. The number of nitrogens with one attached hydrogen (secondary N) is 1. The molecule has 4 N–H and O–H groups in total. The lowest BCUT2D eigenvalue weighted by atomic mass is 10.0. The van der Waals surface area contributed by atoms with E-state index in [1.54, 1.807) is 6.08 Å². The van der Waals surface area contributed by atoms with Gasteiger partial charge < -0.3 is 20.6 Å². The average Bonchev–Trinajstić information content (AvgIpc) is 3.20. The smallest absolute Gasteiger partial charge is 0.249 e. The lowest BCUT2D eigenvalue weighted by Crippen LogP contribution is -2.48. The molecule has 1 amide bonds. The first-order valence-corrected chi connectivity index (χ1v) is 24.5. The second kappa shape index (κ2) is 46.0. The van der Waals surface area contributed by atoms with E-state index < -0.39 is 24.2 Å². The standard InChI is InChI=1S/C51H95NO4/c1-3-5-7-9-11-13-15-17-19-21-23-25-27-29-31-33-35-37-39-41-43-45-49(54)48(47-53)52-51(56)50(55)46-44-42-40-38-36-34-32-30-28-26-24-22-20-18-16-14-12-10-8-6-4-2/h27-30,35,37,43,45,48-50,53-55H,3-26,31-34,36,38-42,44,46-47H2,1-2H3,(H,52,56)/b29-27+,30-28-,37-35+,45-43+. The first-order valence-electron chi connectivity index (χ1n) is 24.5. The summed E-state index contributed by atoms with van der Waals surface area (Å²) in [6, 6.07) is -0.824. The van der Waals surface area contributed by atoms with Crippen molar-refractivity contribution in [3.8, 4) is 0 Å². The van der Waals surface area contributed by atoms with Crippen molar-refractivity contribution in [1.29, 1.82) is 0 Å². The summed E-state index contributed by atoms with van der Waals surface area (Å²) in [5, 5.41) is 33.2. The SMILES string of the molecule is CCCCCCCCCCCCC/C=C\CCCCCCCCC(O)C(=O)NC(CO)C(O)/C=C/CC/C=C/CC/C=C/CCCCCCCCCCCCC. The molecule has 0 heterocycles. The molecular formula is C51H95NO4. The van der Waals surface area contributed by atoms with Crippen molar-refractivity contribution in [3.05, 3.63) is 48.6 Å². The summed E-state index contributed by atoms with van der Waals surface area (Å²) in [7, 11) is 0. The molecule has 56 heavy (non-hydrogen) atoms. The lowest BCUT2D eigenvalue weighted by molar-refractivity contribution is -0.131. The average molecular weight is 786 g/mol. The minimum absolute atomic E-state index is 0.384. The zero-order chi connectivity index (χ0) is 40.8. The molecule has 0 rings (SSSR count). The molecule has 0 aliphatic rings. The number of amides is 1. The van der Waals surface area contributed by atoms with Gasteiger partial charge in [0.25, 0.3) is 0 Å². The molecule has 0 aliphatic heterocycles. The van der Waals surface area contributed by atoms with Gasteiger partial charge in [0.2, 0.25) is 5.91 Å². The third-order valence-corrected chi connectivity index (χ3v) is 11.1. The first-order chi connectivity index (χ1) is 27.6. The number of carbonyl (C=O) groups is 1. The van der Waals surface area contributed by atoms with Gasteiger partial charge in [-0.15, -0.1) is 0 Å². The molecule has 328 valence electrons. The van der Waals surface area contributed by atoms with Gasteiger partial charge >= 0.3 is 0 Å². The zero-order valence-electron chi connectivity index (χ0n) is 37.3. The van der Waals surface area contributed by atoms with Crippen molar-refractivity contribution in [3.63, 3.8) is 0 Å². The molecule has 3 unspecified atom stereocenters. The Balaban J connectivity index is 3.72. The number of unbranched alkanes of at least 4 members (excludes halogenated alkanes) is 30. The van der Waals surface area contributed by atoms with Crippen LogP contribution < -0.4 is 5.32 Å². The van der Waals surface area contributed by atoms with Gasteiger partial charge in [-0.2, -0.15) is 0 Å². The van der Waals surface area contributed by atoms with Gasteiger partial charge in [0.15, 0.2) is 0 Å². The molecule has 0 aromatic carbocycles. The number of hydrogen-bond acceptors (Lipinski definition) is 4. The lowest BCUT2D eigenvalue weighted by Gasteiger charge is -2.21. The van der Waals surface area contributed by atoms with E-state index in [4.69, 9.17) is 0 Å². The van der Waals surface area contributed by atoms with E-state index in [-0.39, 0.29) is 6.61 Å². The van der Waals surface area contributed by atoms with Crippen LogP contribution in [-0.4, -0.2) is 46.1 Å². The number of allylic oxidation sites excluding steroid dienone is 7. The molecule has 5 nitrogen and oxygen atoms in total. The monoisotopic (exact) mass is 786 g/mol. The number of carbonyl (C=O) groups excluding carboxylic acids is 1. The van der Waals surface area contributed by atoms with Crippen LogP contribution in [0.3, 0.4) is 0 Å². The van der Waals surface area contributed by atoms with E-state index >= 15 is 0 Å². The Hall–Kier alpha value is -1.69. The van der Waals surface area contributed by atoms with Crippen molar-refractivity contribution < 1.29 is 20.1 Å². The third kappa shape index (κ3) is 40.5. The minimum atomic E-state index is -1.12. The second-order valence-electron chi connectivity index (χ2n) is 16.6.